The van der Waals surface area contributed by atoms with Gasteiger partial charge in [-0.3, -0.25) is 4.57 Å². The van der Waals surface area contributed by atoms with Crippen LogP contribution in [0.1, 0.15) is 18.4 Å². The molecule has 1 fully saturated rings. The minimum atomic E-state index is -4.40. The molecule has 20 heavy (non-hydrogen) atoms. The summed E-state index contributed by atoms with van der Waals surface area (Å²) in [6, 6.07) is 3.46. The molecule has 3 rings (SSSR count). The Balaban J connectivity index is 2.05. The largest absolute Gasteiger partial charge is 0.416 e. The molecular weight excluding hydrogens is 271 g/mol. The highest BCUT2D eigenvalue weighted by Crippen LogP contribution is 2.30. The van der Waals surface area contributed by atoms with Crippen molar-refractivity contribution in [3.63, 3.8) is 0 Å². The lowest BCUT2D eigenvalue weighted by Crippen LogP contribution is -2.31. The first-order valence-corrected chi connectivity index (χ1v) is 6.48. The van der Waals surface area contributed by atoms with Crippen LogP contribution in [0.5, 0.6) is 0 Å². The number of fused-ring (bicyclic) bond motifs is 1. The molecule has 2 heterocycles. The van der Waals surface area contributed by atoms with Crippen LogP contribution < -0.4 is 11.0 Å². The van der Waals surface area contributed by atoms with E-state index in [9.17, 15) is 18.0 Å². The van der Waals surface area contributed by atoms with Crippen LogP contribution in [0.4, 0.5) is 13.2 Å². The average Bonchev–Trinajstić information content (AvgIpc) is 2.97. The summed E-state index contributed by atoms with van der Waals surface area (Å²) in [5.74, 6) is 0. The summed E-state index contributed by atoms with van der Waals surface area (Å²) in [4.78, 5) is 14.5. The summed E-state index contributed by atoms with van der Waals surface area (Å²) in [5, 5.41) is 3.24. The lowest BCUT2D eigenvalue weighted by Gasteiger charge is -2.12. The number of aromatic amines is 1. The van der Waals surface area contributed by atoms with Crippen LogP contribution in [0, 0.1) is 0 Å². The highest BCUT2D eigenvalue weighted by molar-refractivity contribution is 5.76. The Morgan fingerprint density at radius 1 is 1.35 bits per heavy atom. The van der Waals surface area contributed by atoms with Crippen molar-refractivity contribution in [1.82, 2.24) is 14.9 Å². The summed E-state index contributed by atoms with van der Waals surface area (Å²) < 4.78 is 39.6. The molecule has 1 unspecified atom stereocenters. The van der Waals surface area contributed by atoms with Crippen LogP contribution in [0.25, 0.3) is 11.0 Å². The lowest BCUT2D eigenvalue weighted by molar-refractivity contribution is -0.137. The molecule has 7 heteroatoms. The second kappa shape index (κ2) is 4.66. The van der Waals surface area contributed by atoms with E-state index >= 15 is 0 Å². The molecular formula is C13H14F3N3O. The van der Waals surface area contributed by atoms with Gasteiger partial charge in [0.1, 0.15) is 0 Å². The molecule has 1 saturated heterocycles. The fraction of sp³-hybridized carbons (Fsp3) is 0.462. The molecule has 1 aromatic heterocycles. The van der Waals surface area contributed by atoms with Crippen molar-refractivity contribution >= 4 is 11.0 Å². The van der Waals surface area contributed by atoms with E-state index in [1.54, 1.807) is 0 Å². The third-order valence-electron chi connectivity index (χ3n) is 3.67. The first-order valence-electron chi connectivity index (χ1n) is 6.48. The second-order valence-electron chi connectivity index (χ2n) is 5.06. The topological polar surface area (TPSA) is 49.8 Å². The number of nitrogens with one attached hydrogen (secondary N) is 2. The van der Waals surface area contributed by atoms with Gasteiger partial charge < -0.3 is 10.3 Å². The maximum Gasteiger partial charge on any atom is 0.416 e. The van der Waals surface area contributed by atoms with Crippen LogP contribution in [0.15, 0.2) is 23.0 Å². The molecule has 0 saturated carbocycles. The third-order valence-corrected chi connectivity index (χ3v) is 3.67. The van der Waals surface area contributed by atoms with E-state index in [-0.39, 0.29) is 11.7 Å². The van der Waals surface area contributed by atoms with Crippen LogP contribution in [0.2, 0.25) is 0 Å². The number of halogens is 3. The molecule has 0 aliphatic carbocycles. The van der Waals surface area contributed by atoms with Crippen molar-refractivity contribution in [3.8, 4) is 0 Å². The van der Waals surface area contributed by atoms with E-state index in [0.29, 0.717) is 17.6 Å². The van der Waals surface area contributed by atoms with Crippen molar-refractivity contribution in [1.29, 1.82) is 0 Å². The Hall–Kier alpha value is -1.76. The Morgan fingerprint density at radius 2 is 2.15 bits per heavy atom. The number of nitrogens with zero attached hydrogens (tertiary/aromatic N) is 1. The molecule has 4 nitrogen and oxygen atoms in total. The molecule has 1 aromatic carbocycles. The van der Waals surface area contributed by atoms with Gasteiger partial charge in [-0.2, -0.15) is 13.2 Å². The normalized spacial score (nSPS) is 19.9. The van der Waals surface area contributed by atoms with Crippen molar-refractivity contribution < 1.29 is 13.2 Å². The average molecular weight is 285 g/mol. The molecule has 1 aliphatic rings. The fourth-order valence-corrected chi connectivity index (χ4v) is 2.64. The van der Waals surface area contributed by atoms with Gasteiger partial charge in [-0.05, 0) is 37.6 Å². The molecule has 0 spiro atoms. The Morgan fingerprint density at radius 3 is 2.80 bits per heavy atom. The van der Waals surface area contributed by atoms with Gasteiger partial charge in [0.15, 0.2) is 0 Å². The number of alkyl halides is 3. The van der Waals surface area contributed by atoms with Gasteiger partial charge in [-0.15, -0.1) is 0 Å². The van der Waals surface area contributed by atoms with Gasteiger partial charge in [0, 0.05) is 12.6 Å². The Bertz CT molecular complexity index is 680. The maximum absolute atomic E-state index is 12.7. The molecule has 2 aromatic rings. The van der Waals surface area contributed by atoms with E-state index in [2.05, 4.69) is 10.3 Å². The number of hydrogen-bond donors (Lipinski definition) is 2. The van der Waals surface area contributed by atoms with Gasteiger partial charge in [0.05, 0.1) is 16.6 Å². The zero-order chi connectivity index (χ0) is 14.3. The zero-order valence-electron chi connectivity index (χ0n) is 10.6. The number of rotatable bonds is 2. The summed E-state index contributed by atoms with van der Waals surface area (Å²) >= 11 is 0. The predicted octanol–water partition coefficient (Wildman–Crippen LogP) is 2.10. The SMILES string of the molecule is O=c1[nH]c2ccc(C(F)(F)F)cc2n1CC1CCCN1. The standard InChI is InChI=1S/C13H14F3N3O/c14-13(15,16)8-3-4-10-11(6-8)19(12(20)18-10)7-9-2-1-5-17-9/h3-4,6,9,17H,1-2,5,7H2,(H,18,20). The second-order valence-corrected chi connectivity index (χ2v) is 5.06. The monoisotopic (exact) mass is 285 g/mol. The van der Waals surface area contributed by atoms with Gasteiger partial charge in [0.2, 0.25) is 0 Å². The van der Waals surface area contributed by atoms with E-state index in [1.807, 2.05) is 0 Å². The van der Waals surface area contributed by atoms with Crippen molar-refractivity contribution in [2.75, 3.05) is 6.54 Å². The van der Waals surface area contributed by atoms with Gasteiger partial charge >= 0.3 is 11.9 Å². The Kier molecular flexibility index (Phi) is 3.08. The molecule has 108 valence electrons. The molecule has 1 atom stereocenters. The number of imidazole rings is 1. The lowest BCUT2D eigenvalue weighted by atomic mass is 10.2. The first kappa shape index (κ1) is 13.2. The summed E-state index contributed by atoms with van der Waals surface area (Å²) in [7, 11) is 0. The molecule has 2 N–H and O–H groups in total. The van der Waals surface area contributed by atoms with Crippen molar-refractivity contribution in [3.05, 3.63) is 34.2 Å². The van der Waals surface area contributed by atoms with Gasteiger partial charge in [0.25, 0.3) is 0 Å². The summed E-state index contributed by atoms with van der Waals surface area (Å²) in [6.07, 6.45) is -2.45. The number of hydrogen-bond acceptors (Lipinski definition) is 2. The van der Waals surface area contributed by atoms with Crippen molar-refractivity contribution in [2.24, 2.45) is 0 Å². The van der Waals surface area contributed by atoms with E-state index in [0.717, 1.165) is 31.5 Å². The highest BCUT2D eigenvalue weighted by Gasteiger charge is 2.31. The molecule has 0 amide bonds. The van der Waals surface area contributed by atoms with E-state index in [1.165, 1.54) is 10.6 Å². The Labute approximate surface area is 112 Å². The number of H-pyrrole nitrogens is 1. The van der Waals surface area contributed by atoms with Gasteiger partial charge in [-0.1, -0.05) is 0 Å². The molecule has 1 aliphatic heterocycles. The minimum absolute atomic E-state index is 0.140. The predicted molar refractivity (Wildman–Crippen MR) is 68.6 cm³/mol. The molecule has 0 bridgehead atoms. The van der Waals surface area contributed by atoms with E-state index < -0.39 is 11.7 Å². The van der Waals surface area contributed by atoms with Crippen LogP contribution in [-0.4, -0.2) is 22.1 Å². The first-order chi connectivity index (χ1) is 9.45. The minimum Gasteiger partial charge on any atom is -0.312 e. The highest BCUT2D eigenvalue weighted by atomic mass is 19.4. The summed E-state index contributed by atoms with van der Waals surface area (Å²) in [5.41, 5.74) is -0.371. The van der Waals surface area contributed by atoms with Gasteiger partial charge in [-0.25, -0.2) is 4.79 Å². The fourth-order valence-electron chi connectivity index (χ4n) is 2.64. The van der Waals surface area contributed by atoms with E-state index in [4.69, 9.17) is 0 Å². The quantitative estimate of drug-likeness (QED) is 0.887. The number of benzene rings is 1. The number of aromatic nitrogens is 2. The van der Waals surface area contributed by atoms with Crippen molar-refractivity contribution in [2.45, 2.75) is 31.6 Å². The van der Waals surface area contributed by atoms with Crippen LogP contribution in [-0.2, 0) is 12.7 Å². The molecule has 0 radical (unpaired) electrons. The van der Waals surface area contributed by atoms with Crippen LogP contribution in [0.3, 0.4) is 0 Å². The summed E-state index contributed by atoms with van der Waals surface area (Å²) in [6.45, 7) is 1.27. The third kappa shape index (κ3) is 2.33. The maximum atomic E-state index is 12.7. The zero-order valence-corrected chi connectivity index (χ0v) is 10.6. The smallest absolute Gasteiger partial charge is 0.312 e. The van der Waals surface area contributed by atoms with Crippen LogP contribution >= 0.6 is 0 Å².